The number of hydrogen-bond donors (Lipinski definition) is 2. The van der Waals surface area contributed by atoms with Crippen LogP contribution < -0.4 is 11.1 Å². The number of hydrogen-bond acceptors (Lipinski definition) is 6. The third-order valence-corrected chi connectivity index (χ3v) is 4.94. The van der Waals surface area contributed by atoms with Gasteiger partial charge in [0.05, 0.1) is 32.6 Å². The van der Waals surface area contributed by atoms with Crippen LogP contribution in [0.2, 0.25) is 0 Å². The first-order chi connectivity index (χ1) is 11.6. The SMILES string of the molecule is Cc1nc2ccc(Nc3c(C)c(N)c(C#N)c4ccnn34)cc2s1. The summed E-state index contributed by atoms with van der Waals surface area (Å²) >= 11 is 1.65. The van der Waals surface area contributed by atoms with Crippen molar-refractivity contribution in [3.8, 4) is 6.07 Å². The normalized spacial score (nSPS) is 11.0. The van der Waals surface area contributed by atoms with Crippen molar-refractivity contribution in [2.75, 3.05) is 11.1 Å². The highest BCUT2D eigenvalue weighted by atomic mass is 32.1. The Hall–Kier alpha value is -3.11. The van der Waals surface area contributed by atoms with Crippen LogP contribution in [0.4, 0.5) is 17.2 Å². The van der Waals surface area contributed by atoms with Crippen LogP contribution in [0, 0.1) is 25.2 Å². The minimum Gasteiger partial charge on any atom is -0.397 e. The third-order valence-electron chi connectivity index (χ3n) is 4.01. The van der Waals surface area contributed by atoms with Crippen molar-refractivity contribution >= 4 is 44.3 Å². The second-order valence-corrected chi connectivity index (χ2v) is 6.78. The fourth-order valence-corrected chi connectivity index (χ4v) is 3.67. The molecule has 1 aromatic carbocycles. The Bertz CT molecular complexity index is 1130. The van der Waals surface area contributed by atoms with Gasteiger partial charge in [-0.05, 0) is 38.1 Å². The van der Waals surface area contributed by atoms with E-state index < -0.39 is 0 Å². The van der Waals surface area contributed by atoms with Crippen LogP contribution in [0.1, 0.15) is 16.1 Å². The first-order valence-electron chi connectivity index (χ1n) is 7.38. The Kier molecular flexibility index (Phi) is 3.15. The fraction of sp³-hybridized carbons (Fsp3) is 0.118. The smallest absolute Gasteiger partial charge is 0.137 e. The first-order valence-corrected chi connectivity index (χ1v) is 8.20. The maximum atomic E-state index is 9.36. The molecule has 3 aromatic heterocycles. The molecule has 0 spiro atoms. The monoisotopic (exact) mass is 334 g/mol. The molecule has 0 unspecified atom stereocenters. The van der Waals surface area contributed by atoms with Crippen LogP contribution >= 0.6 is 11.3 Å². The number of fused-ring (bicyclic) bond motifs is 2. The maximum absolute atomic E-state index is 9.36. The van der Waals surface area contributed by atoms with Crippen molar-refractivity contribution in [1.29, 1.82) is 5.26 Å². The summed E-state index contributed by atoms with van der Waals surface area (Å²) in [5.74, 6) is 0.757. The van der Waals surface area contributed by atoms with Gasteiger partial charge < -0.3 is 11.1 Å². The topological polar surface area (TPSA) is 92.0 Å². The van der Waals surface area contributed by atoms with Gasteiger partial charge in [-0.2, -0.15) is 10.4 Å². The molecule has 3 N–H and O–H groups in total. The van der Waals surface area contributed by atoms with E-state index in [0.29, 0.717) is 16.8 Å². The number of thiazole rings is 1. The van der Waals surface area contributed by atoms with E-state index in [0.717, 1.165) is 32.3 Å². The van der Waals surface area contributed by atoms with E-state index in [-0.39, 0.29) is 0 Å². The van der Waals surface area contributed by atoms with Gasteiger partial charge in [-0.15, -0.1) is 11.3 Å². The fourth-order valence-electron chi connectivity index (χ4n) is 2.80. The summed E-state index contributed by atoms with van der Waals surface area (Å²) in [7, 11) is 0. The zero-order valence-corrected chi connectivity index (χ0v) is 14.0. The summed E-state index contributed by atoms with van der Waals surface area (Å²) in [5.41, 5.74) is 10.5. The van der Waals surface area contributed by atoms with Gasteiger partial charge in [-0.25, -0.2) is 9.50 Å². The minimum absolute atomic E-state index is 0.448. The number of nitrogens with two attached hydrogens (primary N) is 1. The average molecular weight is 334 g/mol. The summed E-state index contributed by atoms with van der Waals surface area (Å²) in [6.45, 7) is 3.88. The van der Waals surface area contributed by atoms with E-state index in [2.05, 4.69) is 27.5 Å². The molecule has 0 fully saturated rings. The number of aryl methyl sites for hydroxylation is 1. The van der Waals surface area contributed by atoms with E-state index in [9.17, 15) is 5.26 Å². The number of nitrogens with zero attached hydrogens (tertiary/aromatic N) is 4. The van der Waals surface area contributed by atoms with E-state index in [4.69, 9.17) is 5.73 Å². The molecule has 0 saturated carbocycles. The number of benzene rings is 1. The van der Waals surface area contributed by atoms with Gasteiger partial charge in [-0.1, -0.05) is 0 Å². The van der Waals surface area contributed by atoms with Crippen LogP contribution in [-0.4, -0.2) is 14.6 Å². The van der Waals surface area contributed by atoms with Gasteiger partial charge in [-0.3, -0.25) is 0 Å². The summed E-state index contributed by atoms with van der Waals surface area (Å²) in [6, 6.07) is 9.98. The number of nitrogen functional groups attached to an aromatic ring is 1. The summed E-state index contributed by atoms with van der Waals surface area (Å²) < 4.78 is 2.83. The molecule has 0 radical (unpaired) electrons. The van der Waals surface area contributed by atoms with Gasteiger partial charge in [0, 0.05) is 11.3 Å². The highest BCUT2D eigenvalue weighted by Crippen LogP contribution is 2.32. The number of nitriles is 1. The predicted octanol–water partition coefficient (Wildman–Crippen LogP) is 3.76. The highest BCUT2D eigenvalue weighted by molar-refractivity contribution is 7.18. The van der Waals surface area contributed by atoms with Gasteiger partial charge >= 0.3 is 0 Å². The second-order valence-electron chi connectivity index (χ2n) is 5.54. The summed E-state index contributed by atoms with van der Waals surface area (Å²) in [6.07, 6.45) is 1.66. The van der Waals surface area contributed by atoms with Crippen molar-refractivity contribution in [1.82, 2.24) is 14.6 Å². The summed E-state index contributed by atoms with van der Waals surface area (Å²) in [5, 5.41) is 18.1. The summed E-state index contributed by atoms with van der Waals surface area (Å²) in [4.78, 5) is 4.47. The Morgan fingerprint density at radius 3 is 2.92 bits per heavy atom. The zero-order chi connectivity index (χ0) is 16.8. The number of rotatable bonds is 2. The minimum atomic E-state index is 0.448. The predicted molar refractivity (Wildman–Crippen MR) is 96.7 cm³/mol. The van der Waals surface area contributed by atoms with Gasteiger partial charge in [0.2, 0.25) is 0 Å². The Labute approximate surface area is 142 Å². The van der Waals surface area contributed by atoms with Crippen molar-refractivity contribution in [3.63, 3.8) is 0 Å². The number of nitrogens with one attached hydrogen (secondary N) is 1. The van der Waals surface area contributed by atoms with E-state index in [1.165, 1.54) is 0 Å². The van der Waals surface area contributed by atoms with Crippen LogP contribution in [0.15, 0.2) is 30.5 Å². The highest BCUT2D eigenvalue weighted by Gasteiger charge is 2.16. The molecule has 4 rings (SSSR count). The molecule has 0 amide bonds. The van der Waals surface area contributed by atoms with Gasteiger partial charge in [0.15, 0.2) is 0 Å². The quantitative estimate of drug-likeness (QED) is 0.582. The van der Waals surface area contributed by atoms with E-state index in [1.54, 1.807) is 28.1 Å². The van der Waals surface area contributed by atoms with Gasteiger partial charge in [0.25, 0.3) is 0 Å². The molecule has 3 heterocycles. The number of aromatic nitrogens is 3. The lowest BCUT2D eigenvalue weighted by atomic mass is 10.1. The lowest BCUT2D eigenvalue weighted by Crippen LogP contribution is -2.07. The zero-order valence-electron chi connectivity index (χ0n) is 13.2. The molecule has 0 saturated heterocycles. The third kappa shape index (κ3) is 2.08. The van der Waals surface area contributed by atoms with Crippen molar-refractivity contribution in [3.05, 3.63) is 46.6 Å². The lowest BCUT2D eigenvalue weighted by molar-refractivity contribution is 0.959. The molecule has 0 atom stereocenters. The molecule has 4 aromatic rings. The number of pyridine rings is 1. The molecule has 0 aliphatic heterocycles. The van der Waals surface area contributed by atoms with Crippen LogP contribution in [0.25, 0.3) is 15.7 Å². The van der Waals surface area contributed by atoms with Crippen molar-refractivity contribution in [2.45, 2.75) is 13.8 Å². The Morgan fingerprint density at radius 1 is 1.29 bits per heavy atom. The van der Waals surface area contributed by atoms with Crippen LogP contribution in [0.3, 0.4) is 0 Å². The van der Waals surface area contributed by atoms with Gasteiger partial charge in [0.1, 0.15) is 17.5 Å². The number of anilines is 3. The lowest BCUT2D eigenvalue weighted by Gasteiger charge is -2.15. The molecule has 0 aliphatic rings. The van der Waals surface area contributed by atoms with Crippen molar-refractivity contribution in [2.24, 2.45) is 0 Å². The molecule has 0 bridgehead atoms. The first kappa shape index (κ1) is 14.5. The molecular weight excluding hydrogens is 320 g/mol. The average Bonchev–Trinajstić information content (AvgIpc) is 3.17. The van der Waals surface area contributed by atoms with Crippen LogP contribution in [0.5, 0.6) is 0 Å². The molecular formula is C17H14N6S. The maximum Gasteiger partial charge on any atom is 0.137 e. The Balaban J connectivity index is 1.88. The van der Waals surface area contributed by atoms with E-state index >= 15 is 0 Å². The molecule has 24 heavy (non-hydrogen) atoms. The molecule has 0 aliphatic carbocycles. The Morgan fingerprint density at radius 2 is 2.12 bits per heavy atom. The standard InChI is InChI=1S/C17H14N6S/c1-9-16(19)12(8-18)14-5-6-20-23(14)17(9)22-11-3-4-13-15(7-11)24-10(2)21-13/h3-7,22H,19H2,1-2H3. The molecule has 118 valence electrons. The largest absolute Gasteiger partial charge is 0.397 e. The van der Waals surface area contributed by atoms with Crippen LogP contribution in [-0.2, 0) is 0 Å². The molecule has 7 heteroatoms. The van der Waals surface area contributed by atoms with E-state index in [1.807, 2.05) is 26.0 Å². The van der Waals surface area contributed by atoms with Crippen molar-refractivity contribution < 1.29 is 0 Å². The second kappa shape index (κ2) is 5.22. The molecule has 6 nitrogen and oxygen atoms in total.